The van der Waals surface area contributed by atoms with Gasteiger partial charge in [0.15, 0.2) is 11.5 Å². The number of carbonyl (C=O) groups is 2. The Bertz CT molecular complexity index is 1260. The van der Waals surface area contributed by atoms with Crippen molar-refractivity contribution in [2.24, 2.45) is 0 Å². The lowest BCUT2D eigenvalue weighted by atomic mass is 10.1. The lowest BCUT2D eigenvalue weighted by Gasteiger charge is -2.24. The zero-order valence-corrected chi connectivity index (χ0v) is 21.6. The number of ether oxygens (including phenoxy) is 3. The molecular weight excluding hydrogens is 531 g/mol. The first-order valence-corrected chi connectivity index (χ1v) is 12.6. The molecule has 0 heterocycles. The van der Waals surface area contributed by atoms with Crippen LogP contribution in [0.5, 0.6) is 17.2 Å². The molecule has 0 fully saturated rings. The summed E-state index contributed by atoms with van der Waals surface area (Å²) in [6.45, 7) is 1.66. The second-order valence-electron chi connectivity index (χ2n) is 6.99. The van der Waals surface area contributed by atoms with Crippen LogP contribution >= 0.6 is 34.7 Å². The van der Waals surface area contributed by atoms with Crippen molar-refractivity contribution in [3.05, 3.63) is 80.8 Å². The van der Waals surface area contributed by atoms with E-state index in [2.05, 4.69) is 15.9 Å². The Kier molecular flexibility index (Phi) is 7.68. The smallest absolute Gasteiger partial charge is 0.256 e. The van der Waals surface area contributed by atoms with E-state index in [0.29, 0.717) is 10.0 Å². The molecule has 0 aliphatic heterocycles. The first-order valence-electron chi connectivity index (χ1n) is 9.71. The van der Waals surface area contributed by atoms with Gasteiger partial charge in [0, 0.05) is 17.2 Å². The third-order valence-electron chi connectivity index (χ3n) is 5.10. The minimum absolute atomic E-state index is 0.00479. The predicted octanol–water partition coefficient (Wildman–Crippen LogP) is 6.11. The second kappa shape index (κ2) is 10.1. The van der Waals surface area contributed by atoms with Gasteiger partial charge in [0.25, 0.3) is 7.14 Å². The third-order valence-corrected chi connectivity index (χ3v) is 8.67. The Labute approximate surface area is 205 Å². The number of hydrogen-bond acceptors (Lipinski definition) is 6. The maximum absolute atomic E-state index is 14.9. The van der Waals surface area contributed by atoms with E-state index in [1.54, 1.807) is 43.3 Å². The second-order valence-corrected chi connectivity index (χ2v) is 10.7. The summed E-state index contributed by atoms with van der Waals surface area (Å²) in [6.07, 6.45) is 0. The SMILES string of the molecule is COc1cc(Br)c(OC)c(P(=O)(C(=O)c2ccccc2)C(=O)c2c(C)cccc2Cl)c1OC. The molecule has 0 aliphatic rings. The lowest BCUT2D eigenvalue weighted by molar-refractivity contribution is 0.104. The Morgan fingerprint density at radius 2 is 1.52 bits per heavy atom. The lowest BCUT2D eigenvalue weighted by Crippen LogP contribution is -2.25. The maximum atomic E-state index is 14.9. The fourth-order valence-corrected chi connectivity index (χ4v) is 7.32. The van der Waals surface area contributed by atoms with Crippen molar-refractivity contribution in [1.82, 2.24) is 0 Å². The van der Waals surface area contributed by atoms with Crippen molar-refractivity contribution in [1.29, 1.82) is 0 Å². The molecule has 3 aromatic carbocycles. The van der Waals surface area contributed by atoms with Gasteiger partial charge in [-0.25, -0.2) is 0 Å². The topological polar surface area (TPSA) is 78.9 Å². The highest BCUT2D eigenvalue weighted by Gasteiger charge is 2.49. The normalized spacial score (nSPS) is 12.5. The summed E-state index contributed by atoms with van der Waals surface area (Å²) in [5, 5.41) is -0.113. The summed E-state index contributed by atoms with van der Waals surface area (Å²) in [5.74, 6) is 0.159. The van der Waals surface area contributed by atoms with Gasteiger partial charge in [0.1, 0.15) is 11.1 Å². The van der Waals surface area contributed by atoms with Gasteiger partial charge < -0.3 is 18.8 Å². The van der Waals surface area contributed by atoms with Gasteiger partial charge in [0.2, 0.25) is 11.0 Å². The van der Waals surface area contributed by atoms with Crippen LogP contribution in [0.1, 0.15) is 26.3 Å². The summed E-state index contributed by atoms with van der Waals surface area (Å²) < 4.78 is 31.6. The molecule has 0 N–H and O–H groups in total. The molecule has 172 valence electrons. The average molecular weight is 552 g/mol. The van der Waals surface area contributed by atoms with Crippen LogP contribution in [0.25, 0.3) is 0 Å². The van der Waals surface area contributed by atoms with Crippen molar-refractivity contribution >= 4 is 51.0 Å². The molecule has 0 aliphatic carbocycles. The van der Waals surface area contributed by atoms with E-state index < -0.39 is 18.2 Å². The van der Waals surface area contributed by atoms with Gasteiger partial charge in [-0.1, -0.05) is 54.1 Å². The first-order chi connectivity index (χ1) is 15.7. The monoisotopic (exact) mass is 550 g/mol. The standard InChI is InChI=1S/C24H21BrClO6P/c1-14-9-8-12-17(26)19(14)24(28)33(29,23(27)15-10-6-5-7-11-15)22-20(31-3)16(25)13-18(30-2)21(22)32-4/h5-13H,1-4H3. The van der Waals surface area contributed by atoms with Gasteiger partial charge in [0.05, 0.1) is 30.8 Å². The highest BCUT2D eigenvalue weighted by molar-refractivity contribution is 9.10. The Morgan fingerprint density at radius 1 is 0.879 bits per heavy atom. The molecule has 0 saturated carbocycles. The summed E-state index contributed by atoms with van der Waals surface area (Å²) in [5.41, 5.74) is -1.22. The molecule has 0 amide bonds. The molecule has 3 rings (SSSR count). The largest absolute Gasteiger partial charge is 0.495 e. The average Bonchev–Trinajstić information content (AvgIpc) is 2.82. The Morgan fingerprint density at radius 3 is 2.06 bits per heavy atom. The minimum atomic E-state index is -4.65. The van der Waals surface area contributed by atoms with Crippen molar-refractivity contribution in [3.8, 4) is 17.2 Å². The van der Waals surface area contributed by atoms with Crippen LogP contribution in [-0.2, 0) is 4.57 Å². The van der Waals surface area contributed by atoms with Crippen LogP contribution in [0, 0.1) is 6.92 Å². The summed E-state index contributed by atoms with van der Waals surface area (Å²) in [7, 11) is -0.580. The molecule has 0 bridgehead atoms. The first kappa shape index (κ1) is 25.0. The molecule has 33 heavy (non-hydrogen) atoms. The van der Waals surface area contributed by atoms with Crippen molar-refractivity contribution < 1.29 is 28.4 Å². The van der Waals surface area contributed by atoms with Crippen LogP contribution in [0.3, 0.4) is 0 Å². The molecule has 0 spiro atoms. The van der Waals surface area contributed by atoms with Gasteiger partial charge in [-0.2, -0.15) is 0 Å². The van der Waals surface area contributed by atoms with Crippen LogP contribution in [0.2, 0.25) is 5.02 Å². The fourth-order valence-electron chi connectivity index (χ4n) is 3.53. The zero-order valence-electron chi connectivity index (χ0n) is 18.3. The number of methoxy groups -OCH3 is 3. The maximum Gasteiger partial charge on any atom is 0.256 e. The highest BCUT2D eigenvalue weighted by Crippen LogP contribution is 2.58. The van der Waals surface area contributed by atoms with Crippen LogP contribution in [0.4, 0.5) is 0 Å². The fraction of sp³-hybridized carbons (Fsp3) is 0.167. The van der Waals surface area contributed by atoms with E-state index in [9.17, 15) is 14.2 Å². The number of halogens is 2. The van der Waals surface area contributed by atoms with Crippen LogP contribution in [0.15, 0.2) is 59.1 Å². The zero-order chi connectivity index (χ0) is 24.3. The van der Waals surface area contributed by atoms with Gasteiger partial charge in [-0.3, -0.25) is 9.59 Å². The molecule has 1 atom stereocenters. The van der Waals surface area contributed by atoms with E-state index in [1.807, 2.05) is 0 Å². The molecular formula is C24H21BrClO6P. The molecule has 6 nitrogen and oxygen atoms in total. The van der Waals surface area contributed by atoms with E-state index in [-0.39, 0.29) is 38.7 Å². The molecule has 0 saturated heterocycles. The summed E-state index contributed by atoms with van der Waals surface area (Å²) in [6, 6.07) is 14.3. The minimum Gasteiger partial charge on any atom is -0.495 e. The van der Waals surface area contributed by atoms with Crippen molar-refractivity contribution in [2.45, 2.75) is 6.92 Å². The number of benzene rings is 3. The van der Waals surface area contributed by atoms with Crippen LogP contribution in [-0.4, -0.2) is 32.4 Å². The molecule has 0 radical (unpaired) electrons. The highest BCUT2D eigenvalue weighted by atomic mass is 79.9. The quantitative estimate of drug-likeness (QED) is 0.315. The Balaban J connectivity index is 2.49. The van der Waals surface area contributed by atoms with Crippen molar-refractivity contribution in [2.75, 3.05) is 21.3 Å². The summed E-state index contributed by atoms with van der Waals surface area (Å²) in [4.78, 5) is 27.9. The number of rotatable bonds is 8. The van der Waals surface area contributed by atoms with E-state index in [4.69, 9.17) is 25.8 Å². The van der Waals surface area contributed by atoms with Crippen LogP contribution < -0.4 is 19.5 Å². The van der Waals surface area contributed by atoms with Gasteiger partial charge >= 0.3 is 0 Å². The number of aryl methyl sites for hydroxylation is 1. The van der Waals surface area contributed by atoms with E-state index in [1.165, 1.54) is 39.5 Å². The molecule has 3 aromatic rings. The third kappa shape index (κ3) is 4.33. The van der Waals surface area contributed by atoms with Crippen molar-refractivity contribution in [3.63, 3.8) is 0 Å². The van der Waals surface area contributed by atoms with E-state index >= 15 is 0 Å². The van der Waals surface area contributed by atoms with E-state index in [0.717, 1.165) is 0 Å². The Hall–Kier alpha value is -2.60. The molecule has 9 heteroatoms. The molecule has 1 unspecified atom stereocenters. The molecule has 0 aromatic heterocycles. The number of carbonyl (C=O) groups excluding carboxylic acids is 2. The summed E-state index contributed by atoms with van der Waals surface area (Å²) >= 11 is 9.72. The van der Waals surface area contributed by atoms with Gasteiger partial charge in [-0.15, -0.1) is 0 Å². The van der Waals surface area contributed by atoms with Gasteiger partial charge in [-0.05, 0) is 34.5 Å². The predicted molar refractivity (Wildman–Crippen MR) is 132 cm³/mol. The number of hydrogen-bond donors (Lipinski definition) is 0.